The first-order valence-corrected chi connectivity index (χ1v) is 8.87. The van der Waals surface area contributed by atoms with E-state index in [0.717, 1.165) is 10.9 Å². The Morgan fingerprint density at radius 1 is 1.35 bits per heavy atom. The fourth-order valence-electron chi connectivity index (χ4n) is 3.33. The fraction of sp³-hybridized carbons (Fsp3) is 0.444. The zero-order valence-electron chi connectivity index (χ0n) is 14.5. The van der Waals surface area contributed by atoms with Crippen LogP contribution < -0.4 is 11.1 Å². The van der Waals surface area contributed by atoms with Gasteiger partial charge in [-0.2, -0.15) is 0 Å². The molecule has 1 aromatic carbocycles. The molecule has 1 fully saturated rings. The van der Waals surface area contributed by atoms with E-state index < -0.39 is 0 Å². The van der Waals surface area contributed by atoms with Gasteiger partial charge in [0, 0.05) is 28.0 Å². The highest BCUT2D eigenvalue weighted by molar-refractivity contribution is 6.31. The van der Waals surface area contributed by atoms with Gasteiger partial charge in [-0.3, -0.25) is 9.59 Å². The molecule has 1 aliphatic carbocycles. The standard InChI is InChI=1S/C18H22ClN3O3.ClH/c1-2-25-18(24)10-3-5-15(13(20)8-10)22-17(23)16-9-11-7-12(19)4-6-14(11)21-16;/h4,6-7,9-10,13,15,21H,2-3,5,8,20H2,1H3,(H,22,23);1H/t10-,13+,15-;/m1./s1. The summed E-state index contributed by atoms with van der Waals surface area (Å²) in [5, 5.41) is 4.48. The van der Waals surface area contributed by atoms with Crippen molar-refractivity contribution >= 4 is 46.8 Å². The molecule has 1 heterocycles. The highest BCUT2D eigenvalue weighted by Gasteiger charge is 2.33. The van der Waals surface area contributed by atoms with Gasteiger partial charge in [0.2, 0.25) is 0 Å². The molecule has 0 spiro atoms. The molecule has 3 rings (SSSR count). The molecule has 1 amide bonds. The van der Waals surface area contributed by atoms with E-state index in [9.17, 15) is 9.59 Å². The van der Waals surface area contributed by atoms with Crippen molar-refractivity contribution in [3.8, 4) is 0 Å². The molecule has 8 heteroatoms. The molecule has 4 N–H and O–H groups in total. The Balaban J connectivity index is 0.00000243. The van der Waals surface area contributed by atoms with Crippen LogP contribution in [0.15, 0.2) is 24.3 Å². The van der Waals surface area contributed by atoms with Crippen molar-refractivity contribution in [3.05, 3.63) is 35.0 Å². The van der Waals surface area contributed by atoms with Crippen molar-refractivity contribution < 1.29 is 14.3 Å². The SMILES string of the molecule is CCOC(=O)[C@@H]1CC[C@@H](NC(=O)c2cc3cc(Cl)ccc3[nH]2)[C@@H](N)C1.Cl. The third-order valence-electron chi connectivity index (χ3n) is 4.66. The molecule has 1 aliphatic rings. The van der Waals surface area contributed by atoms with Crippen LogP contribution in [0.1, 0.15) is 36.7 Å². The van der Waals surface area contributed by atoms with E-state index in [0.29, 0.717) is 36.6 Å². The van der Waals surface area contributed by atoms with Crippen LogP contribution in [0.25, 0.3) is 10.9 Å². The van der Waals surface area contributed by atoms with Crippen LogP contribution in [0, 0.1) is 5.92 Å². The van der Waals surface area contributed by atoms with Gasteiger partial charge in [-0.1, -0.05) is 11.6 Å². The molecular weight excluding hydrogens is 377 g/mol. The number of ether oxygens (including phenoxy) is 1. The van der Waals surface area contributed by atoms with Gasteiger partial charge in [-0.15, -0.1) is 12.4 Å². The van der Waals surface area contributed by atoms with E-state index in [1.807, 2.05) is 6.07 Å². The molecule has 0 unspecified atom stereocenters. The molecule has 1 aromatic heterocycles. The van der Waals surface area contributed by atoms with E-state index in [1.165, 1.54) is 0 Å². The normalized spacial score (nSPS) is 22.5. The van der Waals surface area contributed by atoms with Crippen molar-refractivity contribution in [2.24, 2.45) is 11.7 Å². The highest BCUT2D eigenvalue weighted by Crippen LogP contribution is 2.25. The Bertz CT molecular complexity index is 793. The molecule has 142 valence electrons. The Kier molecular flexibility index (Phi) is 6.92. The van der Waals surface area contributed by atoms with Crippen molar-refractivity contribution in [1.82, 2.24) is 10.3 Å². The number of rotatable bonds is 4. The van der Waals surface area contributed by atoms with Gasteiger partial charge >= 0.3 is 5.97 Å². The maximum Gasteiger partial charge on any atom is 0.308 e. The van der Waals surface area contributed by atoms with Crippen LogP contribution in [0.5, 0.6) is 0 Å². The number of halogens is 2. The highest BCUT2D eigenvalue weighted by atomic mass is 35.5. The summed E-state index contributed by atoms with van der Waals surface area (Å²) in [7, 11) is 0. The van der Waals surface area contributed by atoms with Gasteiger partial charge in [0.25, 0.3) is 5.91 Å². The predicted octanol–water partition coefficient (Wildman–Crippen LogP) is 3.03. The summed E-state index contributed by atoms with van der Waals surface area (Å²) in [5.41, 5.74) is 7.50. The largest absolute Gasteiger partial charge is 0.466 e. The van der Waals surface area contributed by atoms with Crippen LogP contribution in [0.3, 0.4) is 0 Å². The minimum atomic E-state index is -0.272. The number of carbonyl (C=O) groups is 2. The second kappa shape index (κ2) is 8.75. The molecule has 1 saturated carbocycles. The Morgan fingerprint density at radius 3 is 2.81 bits per heavy atom. The summed E-state index contributed by atoms with van der Waals surface area (Å²) in [5.74, 6) is -0.587. The van der Waals surface area contributed by atoms with Gasteiger partial charge < -0.3 is 20.8 Å². The number of fused-ring (bicyclic) bond motifs is 1. The zero-order chi connectivity index (χ0) is 18.0. The van der Waals surface area contributed by atoms with Gasteiger partial charge in [0.05, 0.1) is 12.5 Å². The van der Waals surface area contributed by atoms with Gasteiger partial charge in [0.15, 0.2) is 0 Å². The fourth-order valence-corrected chi connectivity index (χ4v) is 3.51. The summed E-state index contributed by atoms with van der Waals surface area (Å²) in [6.45, 7) is 2.16. The number of nitrogens with one attached hydrogen (secondary N) is 2. The van der Waals surface area contributed by atoms with Crippen molar-refractivity contribution in [2.45, 2.75) is 38.3 Å². The quantitative estimate of drug-likeness (QED) is 0.688. The van der Waals surface area contributed by atoms with Crippen LogP contribution in [0.2, 0.25) is 5.02 Å². The summed E-state index contributed by atoms with van der Waals surface area (Å²) >= 11 is 5.98. The Labute approximate surface area is 163 Å². The second-order valence-electron chi connectivity index (χ2n) is 6.42. The monoisotopic (exact) mass is 399 g/mol. The summed E-state index contributed by atoms with van der Waals surface area (Å²) < 4.78 is 5.06. The second-order valence-corrected chi connectivity index (χ2v) is 6.86. The number of nitrogens with two attached hydrogens (primary N) is 1. The molecule has 26 heavy (non-hydrogen) atoms. The van der Waals surface area contributed by atoms with E-state index >= 15 is 0 Å². The molecule has 2 aromatic rings. The van der Waals surface area contributed by atoms with E-state index in [4.69, 9.17) is 22.1 Å². The van der Waals surface area contributed by atoms with Gasteiger partial charge in [0.1, 0.15) is 5.69 Å². The van der Waals surface area contributed by atoms with E-state index in [-0.39, 0.29) is 42.3 Å². The van der Waals surface area contributed by atoms with Crippen molar-refractivity contribution in [3.63, 3.8) is 0 Å². The smallest absolute Gasteiger partial charge is 0.308 e. The number of hydrogen-bond acceptors (Lipinski definition) is 4. The average molecular weight is 400 g/mol. The number of aromatic amines is 1. The molecule has 3 atom stereocenters. The number of benzene rings is 1. The number of aromatic nitrogens is 1. The summed E-state index contributed by atoms with van der Waals surface area (Å²) in [6.07, 6.45) is 1.84. The zero-order valence-corrected chi connectivity index (χ0v) is 16.0. The minimum absolute atomic E-state index is 0. The number of carbonyl (C=O) groups excluding carboxylic acids is 2. The Morgan fingerprint density at radius 2 is 2.12 bits per heavy atom. The van der Waals surface area contributed by atoms with Gasteiger partial charge in [-0.25, -0.2) is 0 Å². The lowest BCUT2D eigenvalue weighted by Crippen LogP contribution is -2.52. The molecule has 0 bridgehead atoms. The lowest BCUT2D eigenvalue weighted by atomic mass is 9.82. The minimum Gasteiger partial charge on any atom is -0.466 e. The summed E-state index contributed by atoms with van der Waals surface area (Å²) in [6, 6.07) is 6.76. The molecule has 0 radical (unpaired) electrons. The third-order valence-corrected chi connectivity index (χ3v) is 4.90. The van der Waals surface area contributed by atoms with Crippen molar-refractivity contribution in [2.75, 3.05) is 6.61 Å². The lowest BCUT2D eigenvalue weighted by molar-refractivity contribution is -0.149. The molecular formula is C18H23Cl2N3O3. The Hall–Kier alpha value is -1.76. The van der Waals surface area contributed by atoms with Crippen molar-refractivity contribution in [1.29, 1.82) is 0 Å². The number of esters is 1. The number of amides is 1. The average Bonchev–Trinajstić information content (AvgIpc) is 3.00. The summed E-state index contributed by atoms with van der Waals surface area (Å²) in [4.78, 5) is 27.4. The number of hydrogen-bond donors (Lipinski definition) is 3. The first-order chi connectivity index (χ1) is 12.0. The third kappa shape index (κ3) is 4.50. The maximum atomic E-state index is 12.5. The molecule has 0 aliphatic heterocycles. The first kappa shape index (κ1) is 20.6. The molecule has 0 saturated heterocycles. The topological polar surface area (TPSA) is 97.2 Å². The van der Waals surface area contributed by atoms with Gasteiger partial charge in [-0.05, 0) is 50.5 Å². The maximum absolute atomic E-state index is 12.5. The first-order valence-electron chi connectivity index (χ1n) is 8.49. The van der Waals surface area contributed by atoms with Crippen LogP contribution >= 0.6 is 24.0 Å². The van der Waals surface area contributed by atoms with E-state index in [2.05, 4.69) is 10.3 Å². The van der Waals surface area contributed by atoms with E-state index in [1.54, 1.807) is 25.1 Å². The molecule has 6 nitrogen and oxygen atoms in total. The van der Waals surface area contributed by atoms with Crippen LogP contribution in [-0.4, -0.2) is 35.6 Å². The van der Waals surface area contributed by atoms with Crippen LogP contribution in [0.4, 0.5) is 0 Å². The predicted molar refractivity (Wildman–Crippen MR) is 104 cm³/mol. The number of H-pyrrole nitrogens is 1. The lowest BCUT2D eigenvalue weighted by Gasteiger charge is -2.33. The van der Waals surface area contributed by atoms with Crippen LogP contribution in [-0.2, 0) is 9.53 Å².